The monoisotopic (exact) mass is 353 g/mol. The molecule has 0 heterocycles. The smallest absolute Gasteiger partial charge is 0.206 e. The fourth-order valence-electron chi connectivity index (χ4n) is 2.36. The lowest BCUT2D eigenvalue weighted by atomic mass is 10.2. The van der Waals surface area contributed by atoms with Crippen LogP contribution in [-0.4, -0.2) is 15.5 Å². The third-order valence-electron chi connectivity index (χ3n) is 3.69. The molecule has 0 fully saturated rings. The summed E-state index contributed by atoms with van der Waals surface area (Å²) in [6.45, 7) is 3.79. The van der Waals surface area contributed by atoms with Gasteiger partial charge in [0.25, 0.3) is 0 Å². The highest BCUT2D eigenvalue weighted by Gasteiger charge is 2.19. The Balaban J connectivity index is 1.83. The molecule has 0 bridgehead atoms. The van der Waals surface area contributed by atoms with E-state index >= 15 is 0 Å². The summed E-state index contributed by atoms with van der Waals surface area (Å²) < 4.78 is 36.2. The van der Waals surface area contributed by atoms with Crippen LogP contribution >= 0.6 is 0 Å². The van der Waals surface area contributed by atoms with E-state index in [1.54, 1.807) is 67.8 Å². The Labute approximate surface area is 147 Å². The topological polar surface area (TPSA) is 52.6 Å². The van der Waals surface area contributed by atoms with Crippen LogP contribution < -0.4 is 9.47 Å². The zero-order valence-corrected chi connectivity index (χ0v) is 14.5. The first-order valence-corrected chi connectivity index (χ1v) is 9.07. The van der Waals surface area contributed by atoms with Crippen LogP contribution in [0, 0.1) is 6.92 Å². The molecule has 0 unspecified atom stereocenters. The maximum Gasteiger partial charge on any atom is 0.206 e. The van der Waals surface area contributed by atoms with Gasteiger partial charge in [-0.15, -0.1) is 0 Å². The van der Waals surface area contributed by atoms with Crippen molar-refractivity contribution < 1.29 is 17.9 Å². The van der Waals surface area contributed by atoms with Crippen LogP contribution in [0.5, 0.6) is 17.2 Å². The molecule has 3 rings (SSSR count). The van der Waals surface area contributed by atoms with Crippen molar-refractivity contribution in [1.29, 1.82) is 0 Å². The fourth-order valence-corrected chi connectivity index (χ4v) is 3.78. The predicted molar refractivity (Wildman–Crippen MR) is 95.9 cm³/mol. The van der Waals surface area contributed by atoms with Crippen molar-refractivity contribution in [2.75, 3.05) is 7.11 Å². The Morgan fingerprint density at radius 2 is 1.28 bits per heavy atom. The highest BCUT2D eigenvalue weighted by Crippen LogP contribution is 2.28. The Kier molecular flexibility index (Phi) is 4.76. The average Bonchev–Trinajstić information content (AvgIpc) is 2.63. The SMILES string of the molecule is [CH2]c1ccccc1S(=O)(=O)c1ccc(Oc2ccc(OC)cc2)cc1. The Bertz CT molecular complexity index is 959. The van der Waals surface area contributed by atoms with Gasteiger partial charge in [0.1, 0.15) is 17.2 Å². The molecular weight excluding hydrogens is 336 g/mol. The predicted octanol–water partition coefficient (Wildman–Crippen LogP) is 4.50. The zero-order valence-electron chi connectivity index (χ0n) is 13.7. The van der Waals surface area contributed by atoms with E-state index in [4.69, 9.17) is 9.47 Å². The Hall–Kier alpha value is -2.79. The molecule has 0 aliphatic carbocycles. The highest BCUT2D eigenvalue weighted by atomic mass is 32.2. The summed E-state index contributed by atoms with van der Waals surface area (Å²) in [4.78, 5) is 0.407. The number of methoxy groups -OCH3 is 1. The van der Waals surface area contributed by atoms with Gasteiger partial charge in [-0.2, -0.15) is 0 Å². The molecule has 0 spiro atoms. The van der Waals surface area contributed by atoms with Crippen molar-refractivity contribution in [3.63, 3.8) is 0 Å². The molecule has 3 aromatic rings. The first-order valence-electron chi connectivity index (χ1n) is 7.59. The third kappa shape index (κ3) is 3.67. The zero-order chi connectivity index (χ0) is 17.9. The molecule has 0 aromatic heterocycles. The molecule has 0 saturated heterocycles. The molecule has 0 atom stereocenters. The lowest BCUT2D eigenvalue weighted by Crippen LogP contribution is -2.03. The first kappa shape index (κ1) is 17.0. The van der Waals surface area contributed by atoms with E-state index in [1.165, 1.54) is 12.1 Å². The molecule has 0 amide bonds. The molecule has 0 aliphatic rings. The van der Waals surface area contributed by atoms with E-state index in [-0.39, 0.29) is 9.79 Å². The van der Waals surface area contributed by atoms with Gasteiger partial charge in [0.05, 0.1) is 16.9 Å². The van der Waals surface area contributed by atoms with Crippen molar-refractivity contribution in [2.24, 2.45) is 0 Å². The number of sulfone groups is 1. The molecule has 0 N–H and O–H groups in total. The molecule has 127 valence electrons. The summed E-state index contributed by atoms with van der Waals surface area (Å²) in [6, 6.07) is 20.1. The number of rotatable bonds is 5. The summed E-state index contributed by atoms with van der Waals surface area (Å²) in [5, 5.41) is 0. The van der Waals surface area contributed by atoms with E-state index in [1.807, 2.05) is 0 Å². The summed E-state index contributed by atoms with van der Waals surface area (Å²) in [7, 11) is -2.01. The summed E-state index contributed by atoms with van der Waals surface area (Å²) in [5.74, 6) is 1.92. The minimum atomic E-state index is -3.60. The van der Waals surface area contributed by atoms with E-state index in [9.17, 15) is 8.42 Å². The van der Waals surface area contributed by atoms with E-state index in [2.05, 4.69) is 6.92 Å². The number of hydrogen-bond donors (Lipinski definition) is 0. The molecule has 4 nitrogen and oxygen atoms in total. The minimum absolute atomic E-state index is 0.200. The van der Waals surface area contributed by atoms with Crippen LogP contribution in [0.25, 0.3) is 0 Å². The molecule has 5 heteroatoms. The normalized spacial score (nSPS) is 11.1. The van der Waals surface area contributed by atoms with Gasteiger partial charge in [0.2, 0.25) is 9.84 Å². The van der Waals surface area contributed by atoms with Gasteiger partial charge < -0.3 is 9.47 Å². The van der Waals surface area contributed by atoms with Gasteiger partial charge in [-0.05, 0) is 67.1 Å². The maximum atomic E-state index is 12.7. The van der Waals surface area contributed by atoms with Gasteiger partial charge in [-0.25, -0.2) is 8.42 Å². The fraction of sp³-hybridized carbons (Fsp3) is 0.0500. The average molecular weight is 353 g/mol. The second-order valence-corrected chi connectivity index (χ2v) is 7.28. The lowest BCUT2D eigenvalue weighted by molar-refractivity contribution is 0.413. The number of hydrogen-bond acceptors (Lipinski definition) is 4. The van der Waals surface area contributed by atoms with Crippen molar-refractivity contribution in [2.45, 2.75) is 9.79 Å². The van der Waals surface area contributed by atoms with E-state index in [0.717, 1.165) is 5.75 Å². The summed E-state index contributed by atoms with van der Waals surface area (Å²) in [6.07, 6.45) is 0. The van der Waals surface area contributed by atoms with E-state index < -0.39 is 9.84 Å². The van der Waals surface area contributed by atoms with Crippen LogP contribution in [0.15, 0.2) is 82.6 Å². The van der Waals surface area contributed by atoms with Gasteiger partial charge >= 0.3 is 0 Å². The molecular formula is C20H17O4S. The van der Waals surface area contributed by atoms with Crippen LogP contribution in [0.3, 0.4) is 0 Å². The standard InChI is InChI=1S/C20H17O4S/c1-15-5-3-4-6-20(15)25(21,22)19-13-11-18(12-14-19)24-17-9-7-16(23-2)8-10-17/h3-14H,1H2,2H3. The van der Waals surface area contributed by atoms with Gasteiger partial charge in [0, 0.05) is 0 Å². The largest absolute Gasteiger partial charge is 0.497 e. The molecule has 1 radical (unpaired) electrons. The molecule has 25 heavy (non-hydrogen) atoms. The van der Waals surface area contributed by atoms with E-state index in [0.29, 0.717) is 17.1 Å². The Morgan fingerprint density at radius 1 is 0.760 bits per heavy atom. The van der Waals surface area contributed by atoms with Crippen LogP contribution in [0.4, 0.5) is 0 Å². The Morgan fingerprint density at radius 3 is 1.84 bits per heavy atom. The summed E-state index contributed by atoms with van der Waals surface area (Å²) in [5.41, 5.74) is 0.473. The molecule has 0 aliphatic heterocycles. The summed E-state index contributed by atoms with van der Waals surface area (Å²) >= 11 is 0. The van der Waals surface area contributed by atoms with Crippen LogP contribution in [0.2, 0.25) is 0 Å². The first-order chi connectivity index (χ1) is 12.0. The lowest BCUT2D eigenvalue weighted by Gasteiger charge is -2.09. The second-order valence-electron chi connectivity index (χ2n) is 5.36. The van der Waals surface area contributed by atoms with Gasteiger partial charge in [-0.3, -0.25) is 0 Å². The quantitative estimate of drug-likeness (QED) is 0.677. The second kappa shape index (κ2) is 6.99. The molecule has 3 aromatic carbocycles. The van der Waals surface area contributed by atoms with Crippen molar-refractivity contribution in [3.05, 3.63) is 85.3 Å². The van der Waals surface area contributed by atoms with Crippen molar-refractivity contribution >= 4 is 9.84 Å². The van der Waals surface area contributed by atoms with Crippen LogP contribution in [0.1, 0.15) is 5.56 Å². The minimum Gasteiger partial charge on any atom is -0.497 e. The van der Waals surface area contributed by atoms with Crippen LogP contribution in [-0.2, 0) is 9.84 Å². The maximum absolute atomic E-state index is 12.7. The van der Waals surface area contributed by atoms with Crippen molar-refractivity contribution in [3.8, 4) is 17.2 Å². The number of benzene rings is 3. The molecule has 0 saturated carbocycles. The van der Waals surface area contributed by atoms with Crippen molar-refractivity contribution in [1.82, 2.24) is 0 Å². The number of ether oxygens (including phenoxy) is 2. The van der Waals surface area contributed by atoms with Gasteiger partial charge in [-0.1, -0.05) is 18.2 Å². The highest BCUT2D eigenvalue weighted by molar-refractivity contribution is 7.91. The van der Waals surface area contributed by atoms with Gasteiger partial charge in [0.15, 0.2) is 0 Å². The third-order valence-corrected chi connectivity index (χ3v) is 5.56.